The molecule has 0 spiro atoms. The summed E-state index contributed by atoms with van der Waals surface area (Å²) >= 11 is 0. The van der Waals surface area contributed by atoms with E-state index in [4.69, 9.17) is 9.05 Å². The smallest absolute Gasteiger partial charge is 0.344 e. The van der Waals surface area contributed by atoms with Gasteiger partial charge in [0.15, 0.2) is 0 Å². The number of benzene rings is 1. The molecule has 0 radical (unpaired) electrons. The summed E-state index contributed by atoms with van der Waals surface area (Å²) in [6.07, 6.45) is 8.08. The van der Waals surface area contributed by atoms with Gasteiger partial charge in [-0.2, -0.15) is 8.78 Å². The van der Waals surface area contributed by atoms with E-state index >= 15 is 8.78 Å². The molecule has 1 aromatic rings. The molecule has 0 aliphatic heterocycles. The van der Waals surface area contributed by atoms with Crippen LogP contribution in [-0.4, -0.2) is 73.0 Å². The Labute approximate surface area is 297 Å². The van der Waals surface area contributed by atoms with Gasteiger partial charge in [-0.05, 0) is 45.1 Å². The summed E-state index contributed by atoms with van der Waals surface area (Å²) in [6.45, 7) is 14.3. The van der Waals surface area contributed by atoms with Gasteiger partial charge in [-0.15, -0.1) is 0 Å². The molecule has 0 heterocycles. The zero-order valence-electron chi connectivity index (χ0n) is 31.3. The summed E-state index contributed by atoms with van der Waals surface area (Å²) in [4.78, 5) is 54.3. The highest BCUT2D eigenvalue weighted by atomic mass is 31.2. The van der Waals surface area contributed by atoms with Crippen LogP contribution in [0.5, 0.6) is 0 Å². The highest BCUT2D eigenvalue weighted by molar-refractivity contribution is 7.54. The first-order valence-corrected chi connectivity index (χ1v) is 19.7. The molecular weight excluding hydrogens is 669 g/mol. The minimum Gasteiger partial charge on any atom is -0.344 e. The van der Waals surface area contributed by atoms with Gasteiger partial charge in [0, 0.05) is 32.0 Å². The number of carbonyl (C=O) groups excluding carboxylic acids is 4. The number of hydrogen-bond donors (Lipinski definition) is 3. The molecule has 286 valence electrons. The van der Waals surface area contributed by atoms with Crippen LogP contribution in [0.4, 0.5) is 8.78 Å². The van der Waals surface area contributed by atoms with E-state index in [1.54, 1.807) is 20.8 Å². The second-order valence-corrected chi connectivity index (χ2v) is 15.0. The standard InChI is InChI=1S/C36H61F2N4O7P/c1-9-13-15-17-23-42(24-18-16-14-10-2)35(46)27(7)39-34(45)32(26(5)6)41-33(44)31(40-28(8)43)25-29-19-21-30(22-20-29)36(37,38)50(47,48-11-3)49-12-4/h19-22,26-27,31-32H,9-18,23-25H2,1-8H3,(H,39,45)(H,40,43)(H,41,44)/t27?,31-,32+/m1/s1. The third-order valence-electron chi connectivity index (χ3n) is 8.23. The molecule has 11 nitrogen and oxygen atoms in total. The Bertz CT molecular complexity index is 1230. The molecular formula is C36H61F2N4O7P. The first-order chi connectivity index (χ1) is 23.6. The van der Waals surface area contributed by atoms with Crippen LogP contribution >= 0.6 is 7.60 Å². The molecule has 0 saturated carbocycles. The predicted octanol–water partition coefficient (Wildman–Crippen LogP) is 6.68. The van der Waals surface area contributed by atoms with Crippen molar-refractivity contribution >= 4 is 31.2 Å². The molecule has 1 aromatic carbocycles. The van der Waals surface area contributed by atoms with E-state index in [1.165, 1.54) is 32.9 Å². The topological polar surface area (TPSA) is 143 Å². The Kier molecular flexibility index (Phi) is 20.6. The third-order valence-corrected chi connectivity index (χ3v) is 10.4. The molecule has 0 bridgehead atoms. The number of rotatable bonds is 25. The van der Waals surface area contributed by atoms with Crippen molar-refractivity contribution in [2.45, 2.75) is 137 Å². The lowest BCUT2D eigenvalue weighted by Gasteiger charge is -2.29. The fourth-order valence-corrected chi connectivity index (χ4v) is 6.99. The lowest BCUT2D eigenvalue weighted by atomic mass is 10.00. The molecule has 0 aliphatic carbocycles. The molecule has 0 saturated heterocycles. The minimum absolute atomic E-state index is 0.0851. The number of halogens is 2. The Hall–Kier alpha value is -2.89. The predicted molar refractivity (Wildman–Crippen MR) is 192 cm³/mol. The molecule has 0 aromatic heterocycles. The van der Waals surface area contributed by atoms with E-state index in [0.29, 0.717) is 18.7 Å². The summed E-state index contributed by atoms with van der Waals surface area (Å²) in [7, 11) is -4.81. The van der Waals surface area contributed by atoms with Crippen LogP contribution in [0, 0.1) is 5.92 Å². The highest BCUT2D eigenvalue weighted by Crippen LogP contribution is 2.66. The normalized spacial score (nSPS) is 13.7. The van der Waals surface area contributed by atoms with Crippen LogP contribution in [0.2, 0.25) is 0 Å². The van der Waals surface area contributed by atoms with Gasteiger partial charge in [0.05, 0.1) is 13.2 Å². The van der Waals surface area contributed by atoms with Crippen molar-refractivity contribution in [2.24, 2.45) is 5.92 Å². The number of amides is 4. The molecule has 50 heavy (non-hydrogen) atoms. The first-order valence-electron chi connectivity index (χ1n) is 18.1. The molecule has 4 amide bonds. The second-order valence-electron chi connectivity index (χ2n) is 12.9. The number of alkyl halides is 2. The average molecular weight is 731 g/mol. The van der Waals surface area contributed by atoms with Gasteiger partial charge >= 0.3 is 13.3 Å². The maximum atomic E-state index is 15.2. The Morgan fingerprint density at radius 2 is 1.30 bits per heavy atom. The lowest BCUT2D eigenvalue weighted by molar-refractivity contribution is -0.137. The zero-order chi connectivity index (χ0) is 37.9. The monoisotopic (exact) mass is 730 g/mol. The molecule has 0 fully saturated rings. The zero-order valence-corrected chi connectivity index (χ0v) is 32.2. The van der Waals surface area contributed by atoms with E-state index in [1.807, 2.05) is 4.90 Å². The van der Waals surface area contributed by atoms with Crippen molar-refractivity contribution in [3.63, 3.8) is 0 Å². The molecule has 3 N–H and O–H groups in total. The van der Waals surface area contributed by atoms with Crippen molar-refractivity contribution in [2.75, 3.05) is 26.3 Å². The summed E-state index contributed by atoms with van der Waals surface area (Å²) in [5, 5.41) is 8.07. The molecule has 1 unspecified atom stereocenters. The summed E-state index contributed by atoms with van der Waals surface area (Å²) < 4.78 is 53.0. The summed E-state index contributed by atoms with van der Waals surface area (Å²) in [6, 6.07) is 1.83. The minimum atomic E-state index is -4.81. The van der Waals surface area contributed by atoms with Crippen LogP contribution in [0.3, 0.4) is 0 Å². The van der Waals surface area contributed by atoms with Crippen molar-refractivity contribution in [1.29, 1.82) is 0 Å². The maximum absolute atomic E-state index is 15.2. The van der Waals surface area contributed by atoms with E-state index in [-0.39, 0.29) is 31.5 Å². The maximum Gasteiger partial charge on any atom is 0.404 e. The number of carbonyl (C=O) groups is 4. The number of unbranched alkanes of at least 4 members (excludes halogenated alkanes) is 6. The van der Waals surface area contributed by atoms with Gasteiger partial charge in [-0.25, -0.2) is 0 Å². The molecule has 0 aliphatic rings. The third kappa shape index (κ3) is 14.4. The lowest BCUT2D eigenvalue weighted by Crippen LogP contribution is -2.58. The fourth-order valence-electron chi connectivity index (χ4n) is 5.45. The van der Waals surface area contributed by atoms with Crippen molar-refractivity contribution < 1.29 is 41.6 Å². The largest absolute Gasteiger partial charge is 0.404 e. The second kappa shape index (κ2) is 22.8. The van der Waals surface area contributed by atoms with E-state index in [2.05, 4.69) is 29.8 Å². The van der Waals surface area contributed by atoms with Gasteiger partial charge in [-0.3, -0.25) is 23.7 Å². The van der Waals surface area contributed by atoms with Crippen LogP contribution in [0.25, 0.3) is 0 Å². The van der Waals surface area contributed by atoms with Crippen LogP contribution in [0.15, 0.2) is 24.3 Å². The SMILES string of the molecule is CCCCCCN(CCCCCC)C(=O)C(C)NC(=O)[C@@H](NC(=O)[C@@H](Cc1ccc(C(F)(F)P(=O)(OCC)OCC)cc1)NC(C)=O)C(C)C. The van der Waals surface area contributed by atoms with E-state index in [0.717, 1.165) is 63.5 Å². The van der Waals surface area contributed by atoms with Crippen molar-refractivity contribution in [1.82, 2.24) is 20.9 Å². The van der Waals surface area contributed by atoms with Gasteiger partial charge in [0.1, 0.15) is 18.1 Å². The van der Waals surface area contributed by atoms with Gasteiger partial charge in [0.2, 0.25) is 23.6 Å². The summed E-state index contributed by atoms with van der Waals surface area (Å²) in [5.41, 5.74) is -4.10. The highest BCUT2D eigenvalue weighted by Gasteiger charge is 2.54. The average Bonchev–Trinajstić information content (AvgIpc) is 3.05. The van der Waals surface area contributed by atoms with Gasteiger partial charge < -0.3 is 29.9 Å². The number of hydrogen-bond acceptors (Lipinski definition) is 7. The van der Waals surface area contributed by atoms with Gasteiger partial charge in [0.25, 0.3) is 0 Å². The van der Waals surface area contributed by atoms with Crippen LogP contribution < -0.4 is 16.0 Å². The van der Waals surface area contributed by atoms with Crippen LogP contribution in [-0.2, 0) is 44.9 Å². The van der Waals surface area contributed by atoms with E-state index < -0.39 is 54.7 Å². The molecule has 14 heteroatoms. The molecule has 1 rings (SSSR count). The van der Waals surface area contributed by atoms with Crippen LogP contribution in [0.1, 0.15) is 118 Å². The molecule has 3 atom stereocenters. The Morgan fingerprint density at radius 3 is 1.74 bits per heavy atom. The summed E-state index contributed by atoms with van der Waals surface area (Å²) in [5.74, 6) is -2.25. The Morgan fingerprint density at radius 1 is 0.780 bits per heavy atom. The number of nitrogens with one attached hydrogen (secondary N) is 3. The first kappa shape index (κ1) is 45.1. The van der Waals surface area contributed by atoms with E-state index in [9.17, 15) is 23.7 Å². The Balaban J connectivity index is 3.09. The fraction of sp³-hybridized carbons (Fsp3) is 0.722. The van der Waals surface area contributed by atoms with Crippen molar-refractivity contribution in [3.8, 4) is 0 Å². The van der Waals surface area contributed by atoms with Gasteiger partial charge in [-0.1, -0.05) is 90.5 Å². The van der Waals surface area contributed by atoms with Crippen molar-refractivity contribution in [3.05, 3.63) is 35.4 Å². The quantitative estimate of drug-likeness (QED) is 0.0752. The number of nitrogens with zero attached hydrogens (tertiary/aromatic N) is 1.